The molecule has 1 atom stereocenters. The Morgan fingerprint density at radius 3 is 3.00 bits per heavy atom. The average Bonchev–Trinajstić information content (AvgIpc) is 2.83. The number of anilines is 1. The summed E-state index contributed by atoms with van der Waals surface area (Å²) in [5, 5.41) is 3.25. The van der Waals surface area contributed by atoms with Gasteiger partial charge in [-0.25, -0.2) is 4.39 Å². The summed E-state index contributed by atoms with van der Waals surface area (Å²) in [4.78, 5) is 13.9. The van der Waals surface area contributed by atoms with Crippen molar-refractivity contribution in [1.29, 1.82) is 0 Å². The lowest BCUT2D eigenvalue weighted by Crippen LogP contribution is -2.32. The summed E-state index contributed by atoms with van der Waals surface area (Å²) in [6.45, 7) is 4.38. The maximum atomic E-state index is 13.2. The van der Waals surface area contributed by atoms with Gasteiger partial charge in [0.2, 0.25) is 5.91 Å². The van der Waals surface area contributed by atoms with E-state index in [1.54, 1.807) is 17.0 Å². The van der Waals surface area contributed by atoms with Crippen LogP contribution in [0.25, 0.3) is 0 Å². The first-order chi connectivity index (χ1) is 8.70. The van der Waals surface area contributed by atoms with Crippen LogP contribution in [0.5, 0.6) is 0 Å². The van der Waals surface area contributed by atoms with Crippen molar-refractivity contribution in [3.05, 3.63) is 30.1 Å². The Kier molecular flexibility index (Phi) is 4.31. The second kappa shape index (κ2) is 5.96. The smallest absolute Gasteiger partial charge is 0.227 e. The van der Waals surface area contributed by atoms with Crippen molar-refractivity contribution in [2.45, 2.75) is 19.8 Å². The molecule has 18 heavy (non-hydrogen) atoms. The van der Waals surface area contributed by atoms with Gasteiger partial charge in [0.15, 0.2) is 0 Å². The third-order valence-corrected chi connectivity index (χ3v) is 3.36. The molecule has 1 N–H and O–H groups in total. The fourth-order valence-electron chi connectivity index (χ4n) is 2.39. The third-order valence-electron chi connectivity index (χ3n) is 3.36. The first-order valence-corrected chi connectivity index (χ1v) is 6.47. The first kappa shape index (κ1) is 13.0. The Morgan fingerprint density at radius 2 is 2.39 bits per heavy atom. The molecule has 98 valence electrons. The monoisotopic (exact) mass is 250 g/mol. The van der Waals surface area contributed by atoms with Gasteiger partial charge in [-0.05, 0) is 50.6 Å². The summed E-state index contributed by atoms with van der Waals surface area (Å²) in [5.41, 5.74) is 0.647. The van der Waals surface area contributed by atoms with Crippen molar-refractivity contribution in [2.75, 3.05) is 24.5 Å². The highest BCUT2D eigenvalue weighted by Gasteiger charge is 2.22. The van der Waals surface area contributed by atoms with Gasteiger partial charge < -0.3 is 10.2 Å². The number of rotatable bonds is 4. The van der Waals surface area contributed by atoms with Crippen LogP contribution in [0.1, 0.15) is 19.8 Å². The molecular weight excluding hydrogens is 231 g/mol. The fraction of sp³-hybridized carbons (Fsp3) is 0.500. The second-order valence-electron chi connectivity index (χ2n) is 4.68. The van der Waals surface area contributed by atoms with Crippen LogP contribution in [0.3, 0.4) is 0 Å². The Labute approximate surface area is 107 Å². The minimum Gasteiger partial charge on any atom is -0.316 e. The second-order valence-corrected chi connectivity index (χ2v) is 4.68. The van der Waals surface area contributed by atoms with Crippen LogP contribution >= 0.6 is 0 Å². The number of amides is 1. The SMILES string of the molecule is CCN(C(=O)CC1CCNC1)c1cccc(F)c1. The van der Waals surface area contributed by atoms with Gasteiger partial charge in [0.05, 0.1) is 0 Å². The van der Waals surface area contributed by atoms with Gasteiger partial charge in [-0.1, -0.05) is 6.07 Å². The zero-order valence-corrected chi connectivity index (χ0v) is 10.7. The number of halogens is 1. The summed E-state index contributed by atoms with van der Waals surface area (Å²) in [6, 6.07) is 6.21. The number of carbonyl (C=O) groups is 1. The van der Waals surface area contributed by atoms with Crippen molar-refractivity contribution in [2.24, 2.45) is 5.92 Å². The molecule has 0 bridgehead atoms. The van der Waals surface area contributed by atoms with E-state index in [2.05, 4.69) is 5.32 Å². The molecule has 4 heteroatoms. The van der Waals surface area contributed by atoms with Crippen molar-refractivity contribution < 1.29 is 9.18 Å². The molecule has 1 heterocycles. The lowest BCUT2D eigenvalue weighted by molar-refractivity contribution is -0.119. The van der Waals surface area contributed by atoms with Gasteiger partial charge in [-0.2, -0.15) is 0 Å². The molecule has 2 rings (SSSR count). The molecule has 1 unspecified atom stereocenters. The summed E-state index contributed by atoms with van der Waals surface area (Å²) in [5.74, 6) is 0.193. The molecule has 1 aliphatic rings. The standard InChI is InChI=1S/C14H19FN2O/c1-2-17(13-5-3-4-12(15)9-13)14(18)8-11-6-7-16-10-11/h3-5,9,11,16H,2,6-8,10H2,1H3. The van der Waals surface area contributed by atoms with Gasteiger partial charge in [0.1, 0.15) is 5.82 Å². The van der Waals surface area contributed by atoms with Crippen molar-refractivity contribution in [3.63, 3.8) is 0 Å². The largest absolute Gasteiger partial charge is 0.316 e. The van der Waals surface area contributed by atoms with Gasteiger partial charge >= 0.3 is 0 Å². The maximum absolute atomic E-state index is 13.2. The normalized spacial score (nSPS) is 18.9. The molecule has 1 saturated heterocycles. The Bertz CT molecular complexity index is 416. The molecule has 0 spiro atoms. The number of carbonyl (C=O) groups excluding carboxylic acids is 1. The van der Waals surface area contributed by atoms with E-state index in [1.807, 2.05) is 6.92 Å². The van der Waals surface area contributed by atoms with E-state index in [-0.39, 0.29) is 11.7 Å². The number of hydrogen-bond donors (Lipinski definition) is 1. The number of benzene rings is 1. The summed E-state index contributed by atoms with van der Waals surface area (Å²) in [7, 11) is 0. The number of hydrogen-bond acceptors (Lipinski definition) is 2. The van der Waals surface area contributed by atoms with Crippen molar-refractivity contribution in [1.82, 2.24) is 5.32 Å². The van der Waals surface area contributed by atoms with E-state index >= 15 is 0 Å². The van der Waals surface area contributed by atoms with E-state index in [9.17, 15) is 9.18 Å². The van der Waals surface area contributed by atoms with Crippen LogP contribution < -0.4 is 10.2 Å². The van der Waals surface area contributed by atoms with Gasteiger partial charge in [-0.15, -0.1) is 0 Å². The Balaban J connectivity index is 2.05. The Morgan fingerprint density at radius 1 is 1.56 bits per heavy atom. The predicted molar refractivity (Wildman–Crippen MR) is 70.0 cm³/mol. The van der Waals surface area contributed by atoms with Gasteiger partial charge in [0.25, 0.3) is 0 Å². The molecule has 3 nitrogen and oxygen atoms in total. The van der Waals surface area contributed by atoms with Crippen LogP contribution in [0.4, 0.5) is 10.1 Å². The van der Waals surface area contributed by atoms with E-state index in [1.165, 1.54) is 12.1 Å². The average molecular weight is 250 g/mol. The molecule has 1 aromatic carbocycles. The highest BCUT2D eigenvalue weighted by molar-refractivity contribution is 5.93. The zero-order valence-electron chi connectivity index (χ0n) is 10.7. The van der Waals surface area contributed by atoms with Crippen LogP contribution in [0.2, 0.25) is 0 Å². The third kappa shape index (κ3) is 3.07. The Hall–Kier alpha value is -1.42. The molecule has 0 radical (unpaired) electrons. The summed E-state index contributed by atoms with van der Waals surface area (Å²) >= 11 is 0. The van der Waals surface area contributed by atoms with E-state index in [4.69, 9.17) is 0 Å². The summed E-state index contributed by atoms with van der Waals surface area (Å²) < 4.78 is 13.2. The first-order valence-electron chi connectivity index (χ1n) is 6.47. The highest BCUT2D eigenvalue weighted by atomic mass is 19.1. The highest BCUT2D eigenvalue weighted by Crippen LogP contribution is 2.20. The van der Waals surface area contributed by atoms with Crippen LogP contribution in [0, 0.1) is 11.7 Å². The van der Waals surface area contributed by atoms with Crippen LogP contribution in [0.15, 0.2) is 24.3 Å². The predicted octanol–water partition coefficient (Wildman–Crippen LogP) is 2.18. The molecule has 1 aromatic rings. The minimum absolute atomic E-state index is 0.0804. The zero-order chi connectivity index (χ0) is 13.0. The van der Waals surface area contributed by atoms with E-state index in [0.717, 1.165) is 19.5 Å². The minimum atomic E-state index is -0.304. The summed E-state index contributed by atoms with van der Waals surface area (Å²) in [6.07, 6.45) is 1.59. The molecule has 1 aliphatic heterocycles. The van der Waals surface area contributed by atoms with E-state index < -0.39 is 0 Å². The molecular formula is C14H19FN2O. The lowest BCUT2D eigenvalue weighted by atomic mass is 10.0. The fourth-order valence-corrected chi connectivity index (χ4v) is 2.39. The number of nitrogens with one attached hydrogen (secondary N) is 1. The van der Waals surface area contributed by atoms with Crippen LogP contribution in [-0.4, -0.2) is 25.5 Å². The number of nitrogens with zero attached hydrogens (tertiary/aromatic N) is 1. The topological polar surface area (TPSA) is 32.3 Å². The maximum Gasteiger partial charge on any atom is 0.227 e. The van der Waals surface area contributed by atoms with Crippen molar-refractivity contribution >= 4 is 11.6 Å². The molecule has 0 aliphatic carbocycles. The lowest BCUT2D eigenvalue weighted by Gasteiger charge is -2.22. The quantitative estimate of drug-likeness (QED) is 0.888. The van der Waals surface area contributed by atoms with E-state index in [0.29, 0.717) is 24.6 Å². The molecule has 1 fully saturated rings. The van der Waals surface area contributed by atoms with Gasteiger partial charge in [-0.3, -0.25) is 4.79 Å². The molecule has 1 amide bonds. The molecule has 0 saturated carbocycles. The van der Waals surface area contributed by atoms with Crippen LogP contribution in [-0.2, 0) is 4.79 Å². The molecule has 0 aromatic heterocycles. The van der Waals surface area contributed by atoms with Crippen molar-refractivity contribution in [3.8, 4) is 0 Å². The van der Waals surface area contributed by atoms with Gasteiger partial charge in [0, 0.05) is 18.7 Å².